The zero-order chi connectivity index (χ0) is 17.9. The number of carbonyl (C=O) groups is 1. The number of nitrogens with one attached hydrogen (secondary N) is 1. The summed E-state index contributed by atoms with van der Waals surface area (Å²) in [5, 5.41) is 8.23. The lowest BCUT2D eigenvalue weighted by Gasteiger charge is -2.14. The Morgan fingerprint density at radius 2 is 2.08 bits per heavy atom. The van der Waals surface area contributed by atoms with Crippen molar-refractivity contribution in [3.05, 3.63) is 23.2 Å². The fraction of sp³-hybridized carbons (Fsp3) is 0.412. The van der Waals surface area contributed by atoms with Crippen molar-refractivity contribution in [3.8, 4) is 11.4 Å². The molecular weight excluding hydrogens is 320 g/mol. The van der Waals surface area contributed by atoms with Crippen molar-refractivity contribution >= 4 is 22.8 Å². The molecule has 0 aromatic carbocycles. The van der Waals surface area contributed by atoms with Crippen LogP contribution in [0, 0.1) is 13.8 Å². The lowest BCUT2D eigenvalue weighted by Crippen LogP contribution is -2.19. The normalized spacial score (nSPS) is 15.5. The van der Waals surface area contributed by atoms with E-state index in [1.165, 1.54) is 0 Å². The molecule has 3 aromatic heterocycles. The summed E-state index contributed by atoms with van der Waals surface area (Å²) in [5.74, 6) is 0.985. The minimum atomic E-state index is -0.547. The number of anilines is 1. The number of aromatic nitrogens is 4. The van der Waals surface area contributed by atoms with Crippen LogP contribution in [-0.4, -0.2) is 31.2 Å². The molecule has 1 aliphatic carbocycles. The largest absolute Gasteiger partial charge is 0.442 e. The molecule has 8 nitrogen and oxygen atoms in total. The highest BCUT2D eigenvalue weighted by Gasteiger charge is 2.39. The molecule has 0 bridgehead atoms. The highest BCUT2D eigenvalue weighted by atomic mass is 16.3. The van der Waals surface area contributed by atoms with Gasteiger partial charge in [0.15, 0.2) is 5.82 Å². The summed E-state index contributed by atoms with van der Waals surface area (Å²) in [5.41, 5.74) is 7.98. The average molecular weight is 340 g/mol. The number of primary amides is 1. The highest BCUT2D eigenvalue weighted by Crippen LogP contribution is 2.41. The fourth-order valence-corrected chi connectivity index (χ4v) is 2.94. The number of aryl methyl sites for hydroxylation is 2. The van der Waals surface area contributed by atoms with E-state index >= 15 is 0 Å². The maximum Gasteiger partial charge on any atom is 0.253 e. The van der Waals surface area contributed by atoms with E-state index in [0.29, 0.717) is 34.1 Å². The van der Waals surface area contributed by atoms with Gasteiger partial charge in [0.25, 0.3) is 5.91 Å². The molecule has 4 rings (SSSR count). The van der Waals surface area contributed by atoms with Crippen molar-refractivity contribution in [2.75, 3.05) is 5.32 Å². The first-order valence-corrected chi connectivity index (χ1v) is 8.17. The first kappa shape index (κ1) is 15.6. The van der Waals surface area contributed by atoms with Gasteiger partial charge < -0.3 is 15.5 Å². The zero-order valence-electron chi connectivity index (χ0n) is 14.7. The zero-order valence-corrected chi connectivity index (χ0v) is 14.7. The van der Waals surface area contributed by atoms with Crippen LogP contribution in [0.25, 0.3) is 22.5 Å². The predicted molar refractivity (Wildman–Crippen MR) is 93.3 cm³/mol. The lowest BCUT2D eigenvalue weighted by atomic mass is 10.1. The molecule has 1 fully saturated rings. The number of rotatable bonds is 4. The molecule has 3 aromatic rings. The number of nitrogens with two attached hydrogens (primary N) is 1. The van der Waals surface area contributed by atoms with Crippen LogP contribution in [0.2, 0.25) is 0 Å². The Kier molecular flexibility index (Phi) is 3.15. The fourth-order valence-electron chi connectivity index (χ4n) is 2.94. The summed E-state index contributed by atoms with van der Waals surface area (Å²) in [6.07, 6.45) is 3.81. The average Bonchev–Trinajstić information content (AvgIpc) is 3.01. The second kappa shape index (κ2) is 5.05. The van der Waals surface area contributed by atoms with Crippen LogP contribution in [0.1, 0.15) is 41.6 Å². The second-order valence-corrected chi connectivity index (χ2v) is 6.93. The van der Waals surface area contributed by atoms with E-state index in [4.69, 9.17) is 10.2 Å². The molecule has 1 aliphatic rings. The van der Waals surface area contributed by atoms with E-state index in [0.717, 1.165) is 24.1 Å². The van der Waals surface area contributed by atoms with Crippen LogP contribution in [0.4, 0.5) is 5.82 Å². The maximum atomic E-state index is 11.9. The molecule has 0 unspecified atom stereocenters. The van der Waals surface area contributed by atoms with Gasteiger partial charge >= 0.3 is 0 Å². The molecule has 8 heteroatoms. The highest BCUT2D eigenvalue weighted by molar-refractivity contribution is 6.09. The van der Waals surface area contributed by atoms with Gasteiger partial charge in [-0.15, -0.1) is 0 Å². The molecule has 0 aliphatic heterocycles. The summed E-state index contributed by atoms with van der Waals surface area (Å²) < 4.78 is 7.49. The quantitative estimate of drug-likeness (QED) is 0.754. The summed E-state index contributed by atoms with van der Waals surface area (Å²) in [4.78, 5) is 21.1. The third-order valence-corrected chi connectivity index (χ3v) is 4.87. The van der Waals surface area contributed by atoms with Gasteiger partial charge in [0.2, 0.25) is 5.71 Å². The van der Waals surface area contributed by atoms with Gasteiger partial charge in [-0.3, -0.25) is 9.48 Å². The molecular formula is C17H20N6O2. The van der Waals surface area contributed by atoms with Gasteiger partial charge in [-0.1, -0.05) is 0 Å². The van der Waals surface area contributed by atoms with Crippen LogP contribution < -0.4 is 11.1 Å². The number of hydrogen-bond acceptors (Lipinski definition) is 6. The van der Waals surface area contributed by atoms with E-state index in [1.54, 1.807) is 17.8 Å². The van der Waals surface area contributed by atoms with E-state index < -0.39 is 5.91 Å². The summed E-state index contributed by atoms with van der Waals surface area (Å²) in [6, 6.07) is 0. The van der Waals surface area contributed by atoms with Gasteiger partial charge in [-0.2, -0.15) is 10.1 Å². The van der Waals surface area contributed by atoms with Gasteiger partial charge in [-0.05, 0) is 33.6 Å². The molecule has 130 valence electrons. The number of carbonyl (C=O) groups excluding carboxylic acids is 1. The Balaban J connectivity index is 1.98. The number of hydrogen-bond donors (Lipinski definition) is 2. The molecule has 25 heavy (non-hydrogen) atoms. The minimum Gasteiger partial charge on any atom is -0.442 e. The topological polar surface area (TPSA) is 112 Å². The van der Waals surface area contributed by atoms with Crippen molar-refractivity contribution in [3.63, 3.8) is 0 Å². The maximum absolute atomic E-state index is 11.9. The molecule has 0 saturated heterocycles. The summed E-state index contributed by atoms with van der Waals surface area (Å²) in [6.45, 7) is 5.78. The van der Waals surface area contributed by atoms with E-state index in [9.17, 15) is 4.79 Å². The van der Waals surface area contributed by atoms with E-state index in [2.05, 4.69) is 27.3 Å². The van der Waals surface area contributed by atoms with Gasteiger partial charge in [-0.25, -0.2) is 4.98 Å². The van der Waals surface area contributed by atoms with Gasteiger partial charge in [0.05, 0.1) is 22.7 Å². The first-order valence-electron chi connectivity index (χ1n) is 8.17. The van der Waals surface area contributed by atoms with Crippen LogP contribution in [0.5, 0.6) is 0 Å². The van der Waals surface area contributed by atoms with Crippen molar-refractivity contribution < 1.29 is 9.21 Å². The van der Waals surface area contributed by atoms with Crippen LogP contribution in [0.3, 0.4) is 0 Å². The van der Waals surface area contributed by atoms with Crippen LogP contribution >= 0.6 is 0 Å². The molecule has 1 saturated carbocycles. The third kappa shape index (κ3) is 2.45. The summed E-state index contributed by atoms with van der Waals surface area (Å²) in [7, 11) is 1.87. The Morgan fingerprint density at radius 3 is 2.64 bits per heavy atom. The van der Waals surface area contributed by atoms with Gasteiger partial charge in [0, 0.05) is 18.3 Å². The van der Waals surface area contributed by atoms with Crippen molar-refractivity contribution in [2.45, 2.75) is 39.2 Å². The molecule has 0 atom stereocenters. The lowest BCUT2D eigenvalue weighted by molar-refractivity contribution is 0.1000. The van der Waals surface area contributed by atoms with Crippen LogP contribution in [-0.2, 0) is 7.05 Å². The number of fused-ring (bicyclic) bond motifs is 1. The van der Waals surface area contributed by atoms with Crippen molar-refractivity contribution in [2.24, 2.45) is 12.8 Å². The molecule has 3 N–H and O–H groups in total. The molecule has 0 spiro atoms. The Hall–Kier alpha value is -2.90. The van der Waals surface area contributed by atoms with Gasteiger partial charge in [0.1, 0.15) is 11.6 Å². The summed E-state index contributed by atoms with van der Waals surface area (Å²) >= 11 is 0. The van der Waals surface area contributed by atoms with E-state index in [-0.39, 0.29) is 5.54 Å². The molecule has 3 heterocycles. The number of furan rings is 1. The molecule has 0 radical (unpaired) electrons. The number of nitrogens with zero attached hydrogens (tertiary/aromatic N) is 4. The Morgan fingerprint density at radius 1 is 1.36 bits per heavy atom. The minimum absolute atomic E-state index is 0.0252. The Labute approximate surface area is 144 Å². The second-order valence-electron chi connectivity index (χ2n) is 6.93. The third-order valence-electron chi connectivity index (χ3n) is 4.87. The smallest absolute Gasteiger partial charge is 0.253 e. The SMILES string of the molecule is Cc1oc2nc(-c3cnn(C)c3C)nc(NC3(C)CC3)c2c1C(N)=O. The first-order chi connectivity index (χ1) is 11.8. The standard InChI is InChI=1S/C17H20N6O2/c1-8-10(7-19-23(8)4)14-20-15(22-17(3)5-6-17)12-11(13(18)24)9(2)25-16(12)21-14/h7H,5-6H2,1-4H3,(H2,18,24)(H,20,21,22). The van der Waals surface area contributed by atoms with Crippen LogP contribution in [0.15, 0.2) is 10.6 Å². The number of amides is 1. The monoisotopic (exact) mass is 340 g/mol. The van der Waals surface area contributed by atoms with E-state index in [1.807, 2.05) is 14.0 Å². The van der Waals surface area contributed by atoms with Crippen molar-refractivity contribution in [1.29, 1.82) is 0 Å². The van der Waals surface area contributed by atoms with Crippen molar-refractivity contribution in [1.82, 2.24) is 19.7 Å². The Bertz CT molecular complexity index is 1010. The predicted octanol–water partition coefficient (Wildman–Crippen LogP) is 2.30. The molecule has 1 amide bonds.